The molecule has 0 aliphatic heterocycles. The van der Waals surface area contributed by atoms with Crippen molar-refractivity contribution in [1.82, 2.24) is 9.55 Å². The topological polar surface area (TPSA) is 101 Å². The average Bonchev–Trinajstić information content (AvgIpc) is 3.05. The van der Waals surface area contributed by atoms with Gasteiger partial charge in [0.25, 0.3) is 5.56 Å². The van der Waals surface area contributed by atoms with E-state index in [0.29, 0.717) is 23.5 Å². The number of aromatic nitrogens is 2. The van der Waals surface area contributed by atoms with Crippen LogP contribution in [-0.4, -0.2) is 26.5 Å². The lowest BCUT2D eigenvalue weighted by molar-refractivity contribution is -0.116. The molecule has 9 heteroatoms. The molecular weight excluding hydrogens is 373 g/mol. The molecule has 0 saturated carbocycles. The number of hydrogen-bond acceptors (Lipinski definition) is 5. The monoisotopic (exact) mass is 389 g/mol. The third-order valence-corrected chi connectivity index (χ3v) is 4.80. The summed E-state index contributed by atoms with van der Waals surface area (Å²) < 4.78 is 14.9. The van der Waals surface area contributed by atoms with Gasteiger partial charge >= 0.3 is 5.97 Å². The maximum Gasteiger partial charge on any atom is 0.337 e. The Hall–Kier alpha value is -3.07. The number of benzene rings is 1. The SMILES string of the molecule is CCCc1nc2scc(C(=O)O)c2c(=O)n1CC(=O)Nc1ccccc1F. The maximum atomic E-state index is 13.7. The molecule has 0 bridgehead atoms. The van der Waals surface area contributed by atoms with Crippen LogP contribution in [0.25, 0.3) is 10.2 Å². The molecule has 0 spiro atoms. The summed E-state index contributed by atoms with van der Waals surface area (Å²) in [5.74, 6) is -2.04. The molecule has 3 rings (SSSR count). The summed E-state index contributed by atoms with van der Waals surface area (Å²) in [6.45, 7) is 1.51. The van der Waals surface area contributed by atoms with E-state index in [1.807, 2.05) is 6.92 Å². The number of anilines is 1. The van der Waals surface area contributed by atoms with Crippen molar-refractivity contribution in [3.05, 3.63) is 57.2 Å². The van der Waals surface area contributed by atoms with E-state index in [0.717, 1.165) is 15.9 Å². The van der Waals surface area contributed by atoms with Crippen molar-refractivity contribution >= 4 is 39.1 Å². The molecule has 0 aliphatic rings. The lowest BCUT2D eigenvalue weighted by Crippen LogP contribution is -2.31. The molecule has 2 aromatic heterocycles. The highest BCUT2D eigenvalue weighted by Crippen LogP contribution is 2.22. The Morgan fingerprint density at radius 1 is 1.33 bits per heavy atom. The number of carbonyl (C=O) groups excluding carboxylic acids is 1. The van der Waals surface area contributed by atoms with E-state index in [1.165, 1.54) is 23.6 Å². The smallest absolute Gasteiger partial charge is 0.337 e. The second-order valence-corrected chi connectivity index (χ2v) is 6.69. The summed E-state index contributed by atoms with van der Waals surface area (Å²) >= 11 is 1.07. The largest absolute Gasteiger partial charge is 0.478 e. The van der Waals surface area contributed by atoms with Gasteiger partial charge in [0.15, 0.2) is 0 Å². The molecule has 0 atom stereocenters. The number of hydrogen-bond donors (Lipinski definition) is 2. The number of halogens is 1. The van der Waals surface area contributed by atoms with Crippen molar-refractivity contribution in [2.45, 2.75) is 26.3 Å². The number of amides is 1. The number of rotatable bonds is 6. The number of carbonyl (C=O) groups is 2. The minimum absolute atomic E-state index is 0.00314. The van der Waals surface area contributed by atoms with Crippen LogP contribution >= 0.6 is 11.3 Å². The average molecular weight is 389 g/mol. The minimum Gasteiger partial charge on any atom is -0.478 e. The normalized spacial score (nSPS) is 10.9. The first kappa shape index (κ1) is 18.7. The molecule has 27 heavy (non-hydrogen) atoms. The number of para-hydroxylation sites is 1. The van der Waals surface area contributed by atoms with Crippen LogP contribution in [0.2, 0.25) is 0 Å². The number of thiophene rings is 1. The first-order valence-corrected chi connectivity index (χ1v) is 9.09. The lowest BCUT2D eigenvalue weighted by Gasteiger charge is -2.12. The molecule has 1 aromatic carbocycles. The molecule has 2 N–H and O–H groups in total. The number of nitrogens with one attached hydrogen (secondary N) is 1. The fraction of sp³-hybridized carbons (Fsp3) is 0.222. The summed E-state index contributed by atoms with van der Waals surface area (Å²) in [6.07, 6.45) is 1.13. The first-order chi connectivity index (χ1) is 12.9. The van der Waals surface area contributed by atoms with Crippen molar-refractivity contribution in [3.8, 4) is 0 Å². The van der Waals surface area contributed by atoms with Gasteiger partial charge in [0.05, 0.1) is 16.6 Å². The Morgan fingerprint density at radius 3 is 2.74 bits per heavy atom. The molecule has 1 amide bonds. The van der Waals surface area contributed by atoms with Gasteiger partial charge in [0.1, 0.15) is 23.0 Å². The zero-order valence-corrected chi connectivity index (χ0v) is 15.2. The molecule has 2 heterocycles. The quantitative estimate of drug-likeness (QED) is 0.675. The summed E-state index contributed by atoms with van der Waals surface area (Å²) in [5.41, 5.74) is -0.729. The summed E-state index contributed by atoms with van der Waals surface area (Å²) in [5, 5.41) is 13.0. The highest BCUT2D eigenvalue weighted by atomic mass is 32.1. The zero-order chi connectivity index (χ0) is 19.6. The van der Waals surface area contributed by atoms with E-state index in [1.54, 1.807) is 6.07 Å². The van der Waals surface area contributed by atoms with Gasteiger partial charge in [-0.1, -0.05) is 19.1 Å². The van der Waals surface area contributed by atoms with Gasteiger partial charge in [0, 0.05) is 11.8 Å². The predicted octanol–water partition coefficient (Wildman–Crippen LogP) is 2.89. The molecule has 140 valence electrons. The fourth-order valence-electron chi connectivity index (χ4n) is 2.70. The number of aromatic carboxylic acids is 1. The Morgan fingerprint density at radius 2 is 2.07 bits per heavy atom. The second-order valence-electron chi connectivity index (χ2n) is 5.83. The third kappa shape index (κ3) is 3.72. The summed E-state index contributed by atoms with van der Waals surface area (Å²) in [6, 6.07) is 5.69. The number of fused-ring (bicyclic) bond motifs is 1. The number of carboxylic acid groups (broad SMARTS) is 1. The van der Waals surface area contributed by atoms with Crippen LogP contribution in [-0.2, 0) is 17.8 Å². The zero-order valence-electron chi connectivity index (χ0n) is 14.4. The standard InChI is InChI=1S/C18H16FN3O4S/c1-2-5-13-21-16-15(10(9-27-16)18(25)26)17(24)22(13)8-14(23)20-12-7-4-3-6-11(12)19/h3-4,6-7,9H,2,5,8H2,1H3,(H,20,23)(H,25,26). The van der Waals surface area contributed by atoms with Crippen LogP contribution in [0.15, 0.2) is 34.4 Å². The maximum absolute atomic E-state index is 13.7. The van der Waals surface area contributed by atoms with Gasteiger partial charge in [-0.05, 0) is 18.6 Å². The van der Waals surface area contributed by atoms with E-state index < -0.39 is 23.3 Å². The first-order valence-electron chi connectivity index (χ1n) is 8.21. The fourth-order valence-corrected chi connectivity index (χ4v) is 3.62. The van der Waals surface area contributed by atoms with Crippen LogP contribution in [0.1, 0.15) is 29.5 Å². The van der Waals surface area contributed by atoms with Crippen molar-refractivity contribution in [1.29, 1.82) is 0 Å². The summed E-state index contributed by atoms with van der Waals surface area (Å²) in [4.78, 5) is 41.3. The number of aryl methyl sites for hydroxylation is 1. The van der Waals surface area contributed by atoms with E-state index in [9.17, 15) is 23.9 Å². The number of carboxylic acids is 1. The van der Waals surface area contributed by atoms with E-state index >= 15 is 0 Å². The molecule has 0 fully saturated rings. The molecule has 0 radical (unpaired) electrons. The van der Waals surface area contributed by atoms with Crippen molar-refractivity contribution < 1.29 is 19.1 Å². The van der Waals surface area contributed by atoms with Crippen molar-refractivity contribution in [3.63, 3.8) is 0 Å². The van der Waals surface area contributed by atoms with E-state index in [-0.39, 0.29) is 23.2 Å². The highest BCUT2D eigenvalue weighted by Gasteiger charge is 2.20. The molecular formula is C18H16FN3O4S. The van der Waals surface area contributed by atoms with E-state index in [2.05, 4.69) is 10.3 Å². The van der Waals surface area contributed by atoms with Crippen LogP contribution < -0.4 is 10.9 Å². The van der Waals surface area contributed by atoms with Gasteiger partial charge in [-0.2, -0.15) is 0 Å². The van der Waals surface area contributed by atoms with Gasteiger partial charge in [-0.15, -0.1) is 11.3 Å². The third-order valence-electron chi connectivity index (χ3n) is 3.93. The Bertz CT molecular complexity index is 1090. The van der Waals surface area contributed by atoms with Crippen LogP contribution in [0, 0.1) is 5.82 Å². The van der Waals surface area contributed by atoms with Crippen LogP contribution in [0.4, 0.5) is 10.1 Å². The Labute approximate surface area is 157 Å². The van der Waals surface area contributed by atoms with Crippen molar-refractivity contribution in [2.75, 3.05) is 5.32 Å². The minimum atomic E-state index is -1.23. The van der Waals surface area contributed by atoms with Gasteiger partial charge in [-0.3, -0.25) is 14.2 Å². The lowest BCUT2D eigenvalue weighted by atomic mass is 10.2. The van der Waals surface area contributed by atoms with Crippen LogP contribution in [0.5, 0.6) is 0 Å². The molecule has 7 nitrogen and oxygen atoms in total. The van der Waals surface area contributed by atoms with Crippen molar-refractivity contribution in [2.24, 2.45) is 0 Å². The van der Waals surface area contributed by atoms with Crippen LogP contribution in [0.3, 0.4) is 0 Å². The van der Waals surface area contributed by atoms with Gasteiger partial charge in [-0.25, -0.2) is 14.2 Å². The molecule has 3 aromatic rings. The van der Waals surface area contributed by atoms with Gasteiger partial charge < -0.3 is 10.4 Å². The number of nitrogens with zero attached hydrogens (tertiary/aromatic N) is 2. The Balaban J connectivity index is 2.02. The molecule has 0 unspecified atom stereocenters. The van der Waals surface area contributed by atoms with E-state index in [4.69, 9.17) is 0 Å². The summed E-state index contributed by atoms with van der Waals surface area (Å²) in [7, 11) is 0. The van der Waals surface area contributed by atoms with Gasteiger partial charge in [0.2, 0.25) is 5.91 Å². The molecule has 0 saturated heterocycles. The Kier molecular flexibility index (Phi) is 5.31. The second kappa shape index (κ2) is 7.67. The molecule has 0 aliphatic carbocycles. The highest BCUT2D eigenvalue weighted by molar-refractivity contribution is 7.17. The predicted molar refractivity (Wildman–Crippen MR) is 99.9 cm³/mol.